The maximum Gasteiger partial charge on any atom is 0.321 e. The third-order valence-corrected chi connectivity index (χ3v) is 6.43. The van der Waals surface area contributed by atoms with Gasteiger partial charge in [-0.3, -0.25) is 9.59 Å². The third-order valence-electron chi connectivity index (χ3n) is 3.96. The molecule has 0 heterocycles. The van der Waals surface area contributed by atoms with Crippen LogP contribution in [0, 0.1) is 0 Å². The first-order valence-corrected chi connectivity index (χ1v) is 11.3. The molecule has 2 aromatic rings. The van der Waals surface area contributed by atoms with Crippen LogP contribution in [0.15, 0.2) is 60.7 Å². The molecule has 2 atom stereocenters. The Bertz CT molecular complexity index is 712. The van der Waals surface area contributed by atoms with Crippen LogP contribution in [0.4, 0.5) is 0 Å². The van der Waals surface area contributed by atoms with Crippen LogP contribution < -0.4 is 11.5 Å². The summed E-state index contributed by atoms with van der Waals surface area (Å²) in [5.74, 6) is -0.525. The Morgan fingerprint density at radius 1 is 0.828 bits per heavy atom. The van der Waals surface area contributed by atoms with Gasteiger partial charge in [0.1, 0.15) is 6.04 Å². The Labute approximate surface area is 185 Å². The van der Waals surface area contributed by atoms with Crippen molar-refractivity contribution in [1.82, 2.24) is 4.90 Å². The summed E-state index contributed by atoms with van der Waals surface area (Å²) in [6.45, 7) is 0.952. The first kappa shape index (κ1) is 25.3. The van der Waals surface area contributed by atoms with Crippen LogP contribution in [-0.2, 0) is 22.7 Å². The maximum absolute atomic E-state index is 12.9. The van der Waals surface area contributed by atoms with E-state index in [0.717, 1.165) is 11.1 Å². The van der Waals surface area contributed by atoms with Crippen molar-refractivity contribution in [3.63, 3.8) is 0 Å². The van der Waals surface area contributed by atoms with Gasteiger partial charge in [-0.25, -0.2) is 0 Å². The van der Waals surface area contributed by atoms with Crippen LogP contribution >= 0.6 is 34.0 Å². The van der Waals surface area contributed by atoms with Crippen molar-refractivity contribution < 1.29 is 14.7 Å². The molecule has 0 aliphatic heterocycles. The molecule has 5 N–H and O–H groups in total. The summed E-state index contributed by atoms with van der Waals surface area (Å²) in [4.78, 5) is 25.4. The Balaban J connectivity index is 0.00000420. The van der Waals surface area contributed by atoms with Gasteiger partial charge >= 0.3 is 5.97 Å². The maximum atomic E-state index is 12.9. The summed E-state index contributed by atoms with van der Waals surface area (Å²) in [6.07, 6.45) is 0. The molecule has 2 rings (SSSR count). The van der Waals surface area contributed by atoms with E-state index in [1.165, 1.54) is 21.6 Å². The van der Waals surface area contributed by atoms with Crippen LogP contribution in [0.5, 0.6) is 0 Å². The SMILES string of the molecule is Cl.N[C@@H](CSSC[C@H](N)C(=O)N(Cc1ccccc1)Cc1ccccc1)C(=O)O. The lowest BCUT2D eigenvalue weighted by atomic mass is 10.1. The Morgan fingerprint density at radius 2 is 1.24 bits per heavy atom. The summed E-state index contributed by atoms with van der Waals surface area (Å²) < 4.78 is 0. The smallest absolute Gasteiger partial charge is 0.321 e. The second kappa shape index (κ2) is 13.5. The summed E-state index contributed by atoms with van der Waals surface area (Å²) in [5, 5.41) is 8.80. The van der Waals surface area contributed by atoms with Gasteiger partial charge in [0, 0.05) is 24.6 Å². The second-order valence-corrected chi connectivity index (χ2v) is 8.84. The molecule has 0 saturated heterocycles. The molecule has 0 aromatic heterocycles. The Hall–Kier alpha value is -1.71. The van der Waals surface area contributed by atoms with Crippen molar-refractivity contribution in [2.45, 2.75) is 25.2 Å². The number of carbonyl (C=O) groups excluding carboxylic acids is 1. The molecule has 0 spiro atoms. The lowest BCUT2D eigenvalue weighted by Crippen LogP contribution is -2.44. The highest BCUT2D eigenvalue weighted by atomic mass is 35.5. The molecule has 0 aliphatic carbocycles. The number of halogens is 1. The summed E-state index contributed by atoms with van der Waals surface area (Å²) in [7, 11) is 2.68. The number of benzene rings is 2. The lowest BCUT2D eigenvalue weighted by molar-refractivity contribution is -0.138. The number of carboxylic acids is 1. The van der Waals surface area contributed by atoms with Crippen molar-refractivity contribution in [3.05, 3.63) is 71.8 Å². The predicted octanol–water partition coefficient (Wildman–Crippen LogP) is 2.76. The van der Waals surface area contributed by atoms with Crippen molar-refractivity contribution in [2.75, 3.05) is 11.5 Å². The molecule has 0 saturated carbocycles. The van der Waals surface area contributed by atoms with Gasteiger partial charge in [0.05, 0.1) is 6.04 Å². The van der Waals surface area contributed by atoms with Gasteiger partial charge in [-0.05, 0) is 11.1 Å². The van der Waals surface area contributed by atoms with E-state index in [4.69, 9.17) is 16.6 Å². The Kier molecular flexibility index (Phi) is 11.8. The number of carbonyl (C=O) groups is 2. The minimum Gasteiger partial charge on any atom is -0.480 e. The number of aliphatic carboxylic acids is 1. The number of nitrogens with two attached hydrogens (primary N) is 2. The van der Waals surface area contributed by atoms with Crippen LogP contribution in [0.1, 0.15) is 11.1 Å². The number of carboxylic acid groups (broad SMARTS) is 1. The number of amides is 1. The molecule has 0 bridgehead atoms. The molecule has 0 aliphatic rings. The average molecular weight is 456 g/mol. The fraction of sp³-hybridized carbons (Fsp3) is 0.300. The zero-order valence-electron chi connectivity index (χ0n) is 15.8. The van der Waals surface area contributed by atoms with E-state index in [1.54, 1.807) is 4.90 Å². The van der Waals surface area contributed by atoms with Crippen molar-refractivity contribution in [2.24, 2.45) is 11.5 Å². The highest BCUT2D eigenvalue weighted by Crippen LogP contribution is 2.23. The second-order valence-electron chi connectivity index (χ2n) is 6.29. The first-order valence-electron chi connectivity index (χ1n) is 8.82. The standard InChI is InChI=1S/C20H25N3O3S2.ClH/c21-17(13-27-28-14-18(22)20(25)26)19(24)23(11-15-7-3-1-4-8-15)12-16-9-5-2-6-10-16;/h1-10,17-18H,11-14,21-22H2,(H,25,26);1H/t17-,18-;/m0./s1. The van der Waals surface area contributed by atoms with Crippen LogP contribution in [0.2, 0.25) is 0 Å². The largest absolute Gasteiger partial charge is 0.480 e. The van der Waals surface area contributed by atoms with E-state index in [0.29, 0.717) is 18.8 Å². The van der Waals surface area contributed by atoms with Crippen molar-refractivity contribution in [1.29, 1.82) is 0 Å². The fourth-order valence-electron chi connectivity index (χ4n) is 2.44. The minimum atomic E-state index is -1.04. The lowest BCUT2D eigenvalue weighted by Gasteiger charge is -2.26. The summed E-state index contributed by atoms with van der Waals surface area (Å²) in [6, 6.07) is 18.0. The van der Waals surface area contributed by atoms with E-state index in [1.807, 2.05) is 60.7 Å². The molecule has 1 amide bonds. The van der Waals surface area contributed by atoms with Crippen molar-refractivity contribution in [3.8, 4) is 0 Å². The predicted molar refractivity (Wildman–Crippen MR) is 123 cm³/mol. The van der Waals surface area contributed by atoms with Gasteiger partial charge < -0.3 is 21.5 Å². The number of rotatable bonds is 11. The molecule has 0 fully saturated rings. The Morgan fingerprint density at radius 3 is 1.66 bits per heavy atom. The molecule has 9 heteroatoms. The zero-order chi connectivity index (χ0) is 20.4. The topological polar surface area (TPSA) is 110 Å². The van der Waals surface area contributed by atoms with Gasteiger partial charge in [0.15, 0.2) is 0 Å². The quantitative estimate of drug-likeness (QED) is 0.353. The number of hydrogen-bond acceptors (Lipinski definition) is 6. The highest BCUT2D eigenvalue weighted by molar-refractivity contribution is 8.76. The normalized spacial score (nSPS) is 12.5. The van der Waals surface area contributed by atoms with Crippen LogP contribution in [-0.4, -0.2) is 45.5 Å². The molecule has 0 radical (unpaired) electrons. The molecular formula is C20H26ClN3O3S2. The summed E-state index contributed by atoms with van der Waals surface area (Å²) in [5.41, 5.74) is 13.7. The van der Waals surface area contributed by atoms with E-state index in [2.05, 4.69) is 0 Å². The average Bonchev–Trinajstić information content (AvgIpc) is 2.71. The molecule has 0 unspecified atom stereocenters. The number of nitrogens with zero attached hydrogens (tertiary/aromatic N) is 1. The van der Waals surface area contributed by atoms with Gasteiger partial charge in [0.2, 0.25) is 5.91 Å². The van der Waals surface area contributed by atoms with Gasteiger partial charge in [-0.1, -0.05) is 82.3 Å². The third kappa shape index (κ3) is 9.10. The van der Waals surface area contributed by atoms with Gasteiger partial charge in [0.25, 0.3) is 0 Å². The van der Waals surface area contributed by atoms with E-state index in [9.17, 15) is 9.59 Å². The summed E-state index contributed by atoms with van der Waals surface area (Å²) >= 11 is 0. The van der Waals surface area contributed by atoms with Crippen LogP contribution in [0.3, 0.4) is 0 Å². The minimum absolute atomic E-state index is 0. The molecule has 6 nitrogen and oxygen atoms in total. The van der Waals surface area contributed by atoms with Crippen molar-refractivity contribution >= 4 is 45.9 Å². The monoisotopic (exact) mass is 455 g/mol. The molecule has 158 valence electrons. The molecular weight excluding hydrogens is 430 g/mol. The molecule has 2 aromatic carbocycles. The first-order chi connectivity index (χ1) is 13.5. The van der Waals surface area contributed by atoms with Gasteiger partial charge in [-0.2, -0.15) is 0 Å². The highest BCUT2D eigenvalue weighted by Gasteiger charge is 2.22. The molecule has 29 heavy (non-hydrogen) atoms. The van der Waals surface area contributed by atoms with Gasteiger partial charge in [-0.15, -0.1) is 12.4 Å². The van der Waals surface area contributed by atoms with E-state index >= 15 is 0 Å². The fourth-order valence-corrected chi connectivity index (χ4v) is 4.67. The number of hydrogen-bond donors (Lipinski definition) is 3. The van der Waals surface area contributed by atoms with Crippen LogP contribution in [0.25, 0.3) is 0 Å². The van der Waals surface area contributed by atoms with E-state index < -0.39 is 18.1 Å². The van der Waals surface area contributed by atoms with E-state index in [-0.39, 0.29) is 24.1 Å². The zero-order valence-corrected chi connectivity index (χ0v) is 18.3.